The maximum Gasteiger partial charge on any atom is 0.260 e. The summed E-state index contributed by atoms with van der Waals surface area (Å²) in [7, 11) is 0. The normalized spacial score (nSPS) is 11.9. The smallest absolute Gasteiger partial charge is 0.260 e. The van der Waals surface area contributed by atoms with Crippen LogP contribution in [0.1, 0.15) is 23.6 Å². The quantitative estimate of drug-likeness (QED) is 0.802. The van der Waals surface area contributed by atoms with Gasteiger partial charge in [-0.3, -0.25) is 4.79 Å². The van der Waals surface area contributed by atoms with Crippen molar-refractivity contribution in [2.45, 2.75) is 33.3 Å². The Morgan fingerprint density at radius 2 is 1.71 bits per heavy atom. The molecule has 5 heteroatoms. The number of hydrogen-bond donors (Lipinski definition) is 1. The Kier molecular flexibility index (Phi) is 6.52. The molecule has 0 bridgehead atoms. The number of hydrogen-bond acceptors (Lipinski definition) is 2. The molecule has 3 nitrogen and oxygen atoms in total. The van der Waals surface area contributed by atoms with Crippen LogP contribution in [-0.2, 0) is 11.2 Å². The van der Waals surface area contributed by atoms with E-state index in [1.165, 1.54) is 0 Å². The van der Waals surface area contributed by atoms with E-state index in [0.717, 1.165) is 28.1 Å². The molecule has 1 N–H and O–H groups in total. The summed E-state index contributed by atoms with van der Waals surface area (Å²) in [6, 6.07) is 11.3. The van der Waals surface area contributed by atoms with Gasteiger partial charge in [0.05, 0.1) is 0 Å². The Balaban J connectivity index is 1.85. The minimum Gasteiger partial charge on any atom is -0.481 e. The number of halogens is 2. The predicted molar refractivity (Wildman–Crippen MR) is 99.2 cm³/mol. The molecule has 1 atom stereocenters. The molecule has 0 heterocycles. The van der Waals surface area contributed by atoms with Crippen LogP contribution in [0.3, 0.4) is 0 Å². The van der Waals surface area contributed by atoms with Gasteiger partial charge in [-0.15, -0.1) is 0 Å². The van der Waals surface area contributed by atoms with Crippen molar-refractivity contribution < 1.29 is 9.53 Å². The van der Waals surface area contributed by atoms with E-state index in [9.17, 15) is 4.79 Å². The van der Waals surface area contributed by atoms with Crippen LogP contribution in [0, 0.1) is 13.8 Å². The zero-order chi connectivity index (χ0) is 17.7. The number of benzene rings is 2. The lowest BCUT2D eigenvalue weighted by Gasteiger charge is -2.16. The average molecular weight is 366 g/mol. The molecule has 0 radical (unpaired) electrons. The minimum atomic E-state index is -0.574. The number of rotatable bonds is 6. The third-order valence-corrected chi connectivity index (χ3v) is 4.57. The number of aryl methyl sites for hydroxylation is 2. The second-order valence-corrected chi connectivity index (χ2v) is 6.61. The Morgan fingerprint density at radius 1 is 1.12 bits per heavy atom. The molecule has 2 aromatic rings. The van der Waals surface area contributed by atoms with E-state index in [1.807, 2.05) is 50.2 Å². The average Bonchev–Trinajstić information content (AvgIpc) is 2.54. The molecule has 0 spiro atoms. The molecule has 0 saturated carbocycles. The first-order valence-electron chi connectivity index (χ1n) is 7.82. The maximum atomic E-state index is 12.1. The molecule has 0 aliphatic heterocycles. The lowest BCUT2D eigenvalue weighted by molar-refractivity contribution is -0.127. The lowest BCUT2D eigenvalue weighted by Crippen LogP contribution is -2.37. The molecule has 0 aliphatic carbocycles. The van der Waals surface area contributed by atoms with Gasteiger partial charge in [0.1, 0.15) is 5.75 Å². The van der Waals surface area contributed by atoms with Crippen LogP contribution in [0.2, 0.25) is 10.0 Å². The Hall–Kier alpha value is -1.71. The monoisotopic (exact) mass is 365 g/mol. The molecule has 2 rings (SSSR count). The van der Waals surface area contributed by atoms with Gasteiger partial charge < -0.3 is 10.1 Å². The zero-order valence-corrected chi connectivity index (χ0v) is 15.5. The second kappa shape index (κ2) is 8.41. The fourth-order valence-electron chi connectivity index (χ4n) is 2.36. The van der Waals surface area contributed by atoms with Gasteiger partial charge in [0.2, 0.25) is 0 Å². The van der Waals surface area contributed by atoms with Crippen molar-refractivity contribution in [2.24, 2.45) is 0 Å². The third-order valence-electron chi connectivity index (χ3n) is 3.72. The van der Waals surface area contributed by atoms with Crippen molar-refractivity contribution in [3.8, 4) is 5.75 Å². The molecule has 1 amide bonds. The number of ether oxygens (including phenoxy) is 1. The van der Waals surface area contributed by atoms with Crippen LogP contribution in [-0.4, -0.2) is 18.6 Å². The first-order chi connectivity index (χ1) is 11.4. The van der Waals surface area contributed by atoms with Crippen molar-refractivity contribution in [3.63, 3.8) is 0 Å². The van der Waals surface area contributed by atoms with Crippen molar-refractivity contribution in [1.82, 2.24) is 5.32 Å². The van der Waals surface area contributed by atoms with E-state index in [0.29, 0.717) is 17.3 Å². The molecule has 0 fully saturated rings. The summed E-state index contributed by atoms with van der Waals surface area (Å²) < 4.78 is 5.72. The van der Waals surface area contributed by atoms with Crippen LogP contribution in [0.5, 0.6) is 5.75 Å². The van der Waals surface area contributed by atoms with Crippen LogP contribution in [0.15, 0.2) is 36.4 Å². The molecule has 0 aliphatic rings. The van der Waals surface area contributed by atoms with E-state index < -0.39 is 6.10 Å². The molecule has 0 aromatic heterocycles. The van der Waals surface area contributed by atoms with Gasteiger partial charge in [-0.25, -0.2) is 0 Å². The minimum absolute atomic E-state index is 0.144. The van der Waals surface area contributed by atoms with E-state index in [-0.39, 0.29) is 5.91 Å². The van der Waals surface area contributed by atoms with Gasteiger partial charge in [-0.05, 0) is 68.1 Å². The maximum absolute atomic E-state index is 12.1. The number of amides is 1. The molecular weight excluding hydrogens is 345 g/mol. The van der Waals surface area contributed by atoms with Crippen molar-refractivity contribution in [2.75, 3.05) is 6.54 Å². The lowest BCUT2D eigenvalue weighted by atomic mass is 10.1. The van der Waals surface area contributed by atoms with E-state index >= 15 is 0 Å². The van der Waals surface area contributed by atoms with Gasteiger partial charge in [0.15, 0.2) is 6.10 Å². The fraction of sp³-hybridized carbons (Fsp3) is 0.316. The fourth-order valence-corrected chi connectivity index (χ4v) is 2.59. The van der Waals surface area contributed by atoms with Gasteiger partial charge in [-0.2, -0.15) is 0 Å². The summed E-state index contributed by atoms with van der Waals surface area (Å²) in [5.74, 6) is 0.504. The highest BCUT2D eigenvalue weighted by atomic mass is 35.5. The third kappa shape index (κ3) is 5.15. The Morgan fingerprint density at radius 3 is 2.29 bits per heavy atom. The SMILES string of the molecule is Cc1cc(O[C@@H](C)C(=O)NCCc2ccc(Cl)cc2)cc(C)c1Cl. The predicted octanol–water partition coefficient (Wildman–Crippen LogP) is 4.74. The highest BCUT2D eigenvalue weighted by Gasteiger charge is 2.15. The Bertz CT molecular complexity index is 691. The van der Waals surface area contributed by atoms with Crippen molar-refractivity contribution in [3.05, 3.63) is 63.1 Å². The summed E-state index contributed by atoms with van der Waals surface area (Å²) in [6.07, 6.45) is 0.171. The first kappa shape index (κ1) is 18.6. The second-order valence-electron chi connectivity index (χ2n) is 5.80. The molecular formula is C19H21Cl2NO2. The van der Waals surface area contributed by atoms with Gasteiger partial charge in [0.25, 0.3) is 5.91 Å². The highest BCUT2D eigenvalue weighted by molar-refractivity contribution is 6.32. The molecule has 2 aromatic carbocycles. The van der Waals surface area contributed by atoms with Gasteiger partial charge in [-0.1, -0.05) is 35.3 Å². The topological polar surface area (TPSA) is 38.3 Å². The van der Waals surface area contributed by atoms with Crippen LogP contribution in [0.4, 0.5) is 0 Å². The summed E-state index contributed by atoms with van der Waals surface area (Å²) in [6.45, 7) is 6.11. The standard InChI is InChI=1S/C19H21Cl2NO2/c1-12-10-17(11-13(2)18(12)21)24-14(3)19(23)22-9-8-15-4-6-16(20)7-5-15/h4-7,10-11,14H,8-9H2,1-3H3,(H,22,23)/t14-/m0/s1. The first-order valence-corrected chi connectivity index (χ1v) is 8.58. The van der Waals surface area contributed by atoms with E-state index in [4.69, 9.17) is 27.9 Å². The van der Waals surface area contributed by atoms with Crippen LogP contribution in [0.25, 0.3) is 0 Å². The summed E-state index contributed by atoms with van der Waals surface area (Å²) >= 11 is 12.0. The number of carbonyl (C=O) groups is 1. The summed E-state index contributed by atoms with van der Waals surface area (Å²) in [4.78, 5) is 12.1. The van der Waals surface area contributed by atoms with E-state index in [2.05, 4.69) is 5.32 Å². The molecule has 0 unspecified atom stereocenters. The van der Waals surface area contributed by atoms with Crippen LogP contribution >= 0.6 is 23.2 Å². The Labute approximate surface area is 152 Å². The summed E-state index contributed by atoms with van der Waals surface area (Å²) in [5.41, 5.74) is 2.99. The van der Waals surface area contributed by atoms with Gasteiger partial charge >= 0.3 is 0 Å². The van der Waals surface area contributed by atoms with E-state index in [1.54, 1.807) is 6.92 Å². The molecule has 24 heavy (non-hydrogen) atoms. The number of nitrogens with one attached hydrogen (secondary N) is 1. The molecule has 0 saturated heterocycles. The molecule has 128 valence electrons. The zero-order valence-electron chi connectivity index (χ0n) is 14.0. The largest absolute Gasteiger partial charge is 0.481 e. The van der Waals surface area contributed by atoms with Gasteiger partial charge in [0, 0.05) is 16.6 Å². The van der Waals surface area contributed by atoms with Crippen LogP contribution < -0.4 is 10.1 Å². The number of carbonyl (C=O) groups excluding carboxylic acids is 1. The summed E-state index contributed by atoms with van der Waals surface area (Å²) in [5, 5.41) is 4.31. The highest BCUT2D eigenvalue weighted by Crippen LogP contribution is 2.26. The van der Waals surface area contributed by atoms with Crippen molar-refractivity contribution in [1.29, 1.82) is 0 Å². The van der Waals surface area contributed by atoms with Crippen molar-refractivity contribution >= 4 is 29.1 Å².